The van der Waals surface area contributed by atoms with Crippen LogP contribution in [0.5, 0.6) is 5.75 Å². The smallest absolute Gasteiger partial charge is 0.315 e. The molecule has 2 amide bonds. The summed E-state index contributed by atoms with van der Waals surface area (Å²) in [6.07, 6.45) is 3.52. The predicted octanol–water partition coefficient (Wildman–Crippen LogP) is 3.46. The van der Waals surface area contributed by atoms with Gasteiger partial charge < -0.3 is 20.3 Å². The van der Waals surface area contributed by atoms with Crippen LogP contribution in [-0.4, -0.2) is 43.2 Å². The van der Waals surface area contributed by atoms with Crippen molar-refractivity contribution in [3.8, 4) is 5.75 Å². The Balaban J connectivity index is 1.53. The maximum absolute atomic E-state index is 13.6. The molecule has 1 aromatic carbocycles. The number of ether oxygens (including phenoxy) is 1. The highest BCUT2D eigenvalue weighted by atomic mass is 19.1. The van der Waals surface area contributed by atoms with Crippen LogP contribution in [0.2, 0.25) is 0 Å². The number of hydrogen-bond donors (Lipinski definition) is 2. The first-order valence-electron chi connectivity index (χ1n) is 9.73. The summed E-state index contributed by atoms with van der Waals surface area (Å²) in [7, 11) is 0. The molecule has 1 aromatic rings. The van der Waals surface area contributed by atoms with Crippen LogP contribution < -0.4 is 15.4 Å². The lowest BCUT2D eigenvalue weighted by Gasteiger charge is -2.33. The molecular formula is C20H30FN3O2. The Labute approximate surface area is 155 Å². The average molecular weight is 363 g/mol. The minimum atomic E-state index is -0.306. The second-order valence-electron chi connectivity index (χ2n) is 7.81. The van der Waals surface area contributed by atoms with Crippen molar-refractivity contribution in [2.24, 2.45) is 5.92 Å². The molecule has 144 valence electrons. The van der Waals surface area contributed by atoms with Gasteiger partial charge in [-0.05, 0) is 49.8 Å². The second-order valence-corrected chi connectivity index (χ2v) is 7.81. The van der Waals surface area contributed by atoms with Crippen LogP contribution in [0.4, 0.5) is 9.18 Å². The van der Waals surface area contributed by atoms with Gasteiger partial charge in [-0.3, -0.25) is 0 Å². The van der Waals surface area contributed by atoms with E-state index in [1.54, 1.807) is 6.07 Å². The standard InChI is InChI=1S/C20H30FN3O2/c1-14(2)13-24-9-7-16(8-10-24)22-20(25)23-18-4-3-11-26-19-6-5-15(21)12-17(18)19/h5-6,12,14,16,18H,3-4,7-11,13H2,1-2H3,(H2,22,23,25)/t18-/m1/s1. The van der Waals surface area contributed by atoms with Crippen molar-refractivity contribution < 1.29 is 13.9 Å². The first kappa shape index (κ1) is 19.0. The van der Waals surface area contributed by atoms with Crippen molar-refractivity contribution in [3.63, 3.8) is 0 Å². The molecule has 0 bridgehead atoms. The number of nitrogens with one attached hydrogen (secondary N) is 2. The van der Waals surface area contributed by atoms with Crippen LogP contribution in [0.15, 0.2) is 18.2 Å². The fraction of sp³-hybridized carbons (Fsp3) is 0.650. The number of hydrogen-bond acceptors (Lipinski definition) is 3. The van der Waals surface area contributed by atoms with E-state index in [1.165, 1.54) is 12.1 Å². The fourth-order valence-electron chi connectivity index (χ4n) is 3.86. The number of rotatable bonds is 4. The van der Waals surface area contributed by atoms with Crippen LogP contribution in [0.1, 0.15) is 51.1 Å². The van der Waals surface area contributed by atoms with E-state index in [0.29, 0.717) is 18.3 Å². The lowest BCUT2D eigenvalue weighted by molar-refractivity contribution is 0.177. The van der Waals surface area contributed by atoms with Crippen LogP contribution in [0.25, 0.3) is 0 Å². The molecule has 5 nitrogen and oxygen atoms in total. The summed E-state index contributed by atoms with van der Waals surface area (Å²) in [5, 5.41) is 6.12. The third kappa shape index (κ3) is 5.10. The number of nitrogens with zero attached hydrogens (tertiary/aromatic N) is 1. The highest BCUT2D eigenvalue weighted by Crippen LogP contribution is 2.32. The van der Waals surface area contributed by atoms with Crippen molar-refractivity contribution >= 4 is 6.03 Å². The summed E-state index contributed by atoms with van der Waals surface area (Å²) in [6.45, 7) is 8.21. The van der Waals surface area contributed by atoms with Gasteiger partial charge in [-0.15, -0.1) is 0 Å². The third-order valence-corrected chi connectivity index (χ3v) is 5.09. The molecule has 0 aliphatic carbocycles. The van der Waals surface area contributed by atoms with Crippen molar-refractivity contribution in [3.05, 3.63) is 29.6 Å². The average Bonchev–Trinajstić information content (AvgIpc) is 2.78. The number of amides is 2. The number of urea groups is 1. The minimum Gasteiger partial charge on any atom is -0.493 e. The molecular weight excluding hydrogens is 333 g/mol. The summed E-state index contributed by atoms with van der Waals surface area (Å²) in [5.41, 5.74) is 0.726. The lowest BCUT2D eigenvalue weighted by atomic mass is 10.0. The molecule has 0 spiro atoms. The molecule has 0 unspecified atom stereocenters. The van der Waals surface area contributed by atoms with Crippen molar-refractivity contribution in [1.82, 2.24) is 15.5 Å². The zero-order valence-electron chi connectivity index (χ0n) is 15.8. The summed E-state index contributed by atoms with van der Waals surface area (Å²) >= 11 is 0. The Hall–Kier alpha value is -1.82. The number of halogens is 1. The Kier molecular flexibility index (Phi) is 6.35. The number of piperidine rings is 1. The summed E-state index contributed by atoms with van der Waals surface area (Å²) < 4.78 is 19.3. The van der Waals surface area contributed by atoms with E-state index in [0.717, 1.165) is 50.9 Å². The summed E-state index contributed by atoms with van der Waals surface area (Å²) in [6, 6.07) is 4.32. The number of benzene rings is 1. The second kappa shape index (κ2) is 8.71. The van der Waals surface area contributed by atoms with Crippen LogP contribution in [0.3, 0.4) is 0 Å². The Bertz CT molecular complexity index is 615. The highest BCUT2D eigenvalue weighted by Gasteiger charge is 2.25. The van der Waals surface area contributed by atoms with Crippen LogP contribution >= 0.6 is 0 Å². The van der Waals surface area contributed by atoms with E-state index in [4.69, 9.17) is 4.74 Å². The molecule has 2 heterocycles. The first-order valence-corrected chi connectivity index (χ1v) is 9.73. The Morgan fingerprint density at radius 1 is 1.27 bits per heavy atom. The zero-order chi connectivity index (χ0) is 18.5. The molecule has 1 saturated heterocycles. The van der Waals surface area contributed by atoms with Gasteiger partial charge in [0.25, 0.3) is 0 Å². The van der Waals surface area contributed by atoms with Gasteiger partial charge in [0.15, 0.2) is 0 Å². The molecule has 0 radical (unpaired) electrons. The zero-order valence-corrected chi connectivity index (χ0v) is 15.8. The van der Waals surface area contributed by atoms with E-state index >= 15 is 0 Å². The largest absolute Gasteiger partial charge is 0.493 e. The lowest BCUT2D eigenvalue weighted by Crippen LogP contribution is -2.49. The molecule has 2 N–H and O–H groups in total. The fourth-order valence-corrected chi connectivity index (χ4v) is 3.86. The number of likely N-dealkylation sites (tertiary alicyclic amines) is 1. The third-order valence-electron chi connectivity index (χ3n) is 5.09. The van der Waals surface area contributed by atoms with E-state index in [9.17, 15) is 9.18 Å². The van der Waals surface area contributed by atoms with E-state index in [2.05, 4.69) is 29.4 Å². The molecule has 1 atom stereocenters. The summed E-state index contributed by atoms with van der Waals surface area (Å²) in [4.78, 5) is 14.9. The maximum atomic E-state index is 13.6. The quantitative estimate of drug-likeness (QED) is 0.861. The van der Waals surface area contributed by atoms with Gasteiger partial charge in [0.05, 0.1) is 12.6 Å². The SMILES string of the molecule is CC(C)CN1CCC(NC(=O)N[C@@H]2CCCOc3ccc(F)cc32)CC1. The van der Waals surface area contributed by atoms with Crippen LogP contribution in [0, 0.1) is 11.7 Å². The highest BCUT2D eigenvalue weighted by molar-refractivity contribution is 5.75. The molecule has 1 fully saturated rings. The minimum absolute atomic E-state index is 0.172. The molecule has 3 rings (SSSR count). The Morgan fingerprint density at radius 3 is 2.77 bits per heavy atom. The first-order chi connectivity index (χ1) is 12.5. The van der Waals surface area contributed by atoms with Crippen LogP contribution in [-0.2, 0) is 0 Å². The normalized spacial score (nSPS) is 21.6. The van der Waals surface area contributed by atoms with Gasteiger partial charge in [-0.1, -0.05) is 13.8 Å². The number of carbonyl (C=O) groups is 1. The van der Waals surface area contributed by atoms with E-state index < -0.39 is 0 Å². The van der Waals surface area contributed by atoms with Gasteiger partial charge in [0, 0.05) is 31.2 Å². The molecule has 26 heavy (non-hydrogen) atoms. The van der Waals surface area contributed by atoms with E-state index in [-0.39, 0.29) is 23.9 Å². The molecule has 0 saturated carbocycles. The number of carbonyl (C=O) groups excluding carboxylic acids is 1. The van der Waals surface area contributed by atoms with Gasteiger partial charge >= 0.3 is 6.03 Å². The molecule has 2 aliphatic rings. The molecule has 6 heteroatoms. The topological polar surface area (TPSA) is 53.6 Å². The molecule has 0 aromatic heterocycles. The predicted molar refractivity (Wildman–Crippen MR) is 99.8 cm³/mol. The van der Waals surface area contributed by atoms with Gasteiger partial charge in [-0.2, -0.15) is 0 Å². The Morgan fingerprint density at radius 2 is 2.04 bits per heavy atom. The van der Waals surface area contributed by atoms with Crippen molar-refractivity contribution in [2.75, 3.05) is 26.2 Å². The van der Waals surface area contributed by atoms with Crippen molar-refractivity contribution in [1.29, 1.82) is 0 Å². The van der Waals surface area contributed by atoms with Gasteiger partial charge in [0.2, 0.25) is 0 Å². The monoisotopic (exact) mass is 363 g/mol. The number of fused-ring (bicyclic) bond motifs is 1. The maximum Gasteiger partial charge on any atom is 0.315 e. The summed E-state index contributed by atoms with van der Waals surface area (Å²) in [5.74, 6) is 1.02. The van der Waals surface area contributed by atoms with Gasteiger partial charge in [0.1, 0.15) is 11.6 Å². The molecule has 2 aliphatic heterocycles. The van der Waals surface area contributed by atoms with Gasteiger partial charge in [-0.25, -0.2) is 9.18 Å². The van der Waals surface area contributed by atoms with E-state index in [1.807, 2.05) is 0 Å². The van der Waals surface area contributed by atoms with Crippen molar-refractivity contribution in [2.45, 2.75) is 51.6 Å².